The lowest BCUT2D eigenvalue weighted by Crippen LogP contribution is -2.25. The number of carbonyl (C=O) groups is 1. The number of carbonyl (C=O) groups excluding carboxylic acids is 1. The van der Waals surface area contributed by atoms with Crippen molar-refractivity contribution in [2.75, 3.05) is 22.6 Å². The summed E-state index contributed by atoms with van der Waals surface area (Å²) in [5, 5.41) is 2.60. The molecule has 1 aromatic rings. The number of rotatable bonds is 7. The molecule has 3 N–H and O–H groups in total. The number of halogens is 1. The minimum absolute atomic E-state index is 0. The van der Waals surface area contributed by atoms with Crippen LogP contribution in [0.2, 0.25) is 0 Å². The van der Waals surface area contributed by atoms with Crippen LogP contribution < -0.4 is 11.1 Å². The van der Waals surface area contributed by atoms with Crippen molar-refractivity contribution in [3.8, 4) is 0 Å². The summed E-state index contributed by atoms with van der Waals surface area (Å²) in [5.74, 6) is -0.940. The van der Waals surface area contributed by atoms with Crippen LogP contribution in [0.4, 0.5) is 11.4 Å². The van der Waals surface area contributed by atoms with Gasteiger partial charge in [0.1, 0.15) is 5.75 Å². The van der Waals surface area contributed by atoms with Gasteiger partial charge in [-0.05, 0) is 31.0 Å². The summed E-state index contributed by atoms with van der Waals surface area (Å²) >= 11 is 0. The molecule has 1 rings (SSSR count). The average molecular weight is 335 g/mol. The van der Waals surface area contributed by atoms with Crippen LogP contribution in [-0.2, 0) is 14.6 Å². The van der Waals surface area contributed by atoms with E-state index in [0.29, 0.717) is 17.8 Å². The third-order valence-corrected chi connectivity index (χ3v) is 4.56. The lowest BCUT2D eigenvalue weighted by Gasteiger charge is -2.09. The SMILES string of the molecule is CCCCCS(=O)(=O)CC(=O)Nc1cc(N)ccc1C.Cl. The van der Waals surface area contributed by atoms with Gasteiger partial charge in [-0.3, -0.25) is 4.79 Å². The van der Waals surface area contributed by atoms with E-state index >= 15 is 0 Å². The van der Waals surface area contributed by atoms with Crippen LogP contribution in [0.3, 0.4) is 0 Å². The number of nitrogen functional groups attached to an aromatic ring is 1. The normalized spacial score (nSPS) is 10.8. The van der Waals surface area contributed by atoms with Crippen molar-refractivity contribution < 1.29 is 13.2 Å². The molecule has 0 aromatic heterocycles. The fourth-order valence-electron chi connectivity index (χ4n) is 1.80. The highest BCUT2D eigenvalue weighted by Crippen LogP contribution is 2.18. The molecule has 0 aliphatic heterocycles. The second-order valence-electron chi connectivity index (χ2n) is 4.92. The number of amides is 1. The third-order valence-electron chi connectivity index (χ3n) is 2.95. The first-order valence-corrected chi connectivity index (χ1v) is 8.52. The molecule has 0 saturated carbocycles. The van der Waals surface area contributed by atoms with Crippen molar-refractivity contribution in [3.05, 3.63) is 23.8 Å². The largest absolute Gasteiger partial charge is 0.399 e. The molecule has 0 bridgehead atoms. The quantitative estimate of drug-likeness (QED) is 0.592. The molecule has 7 heteroatoms. The number of anilines is 2. The molecule has 1 aromatic carbocycles. The van der Waals surface area contributed by atoms with Crippen molar-refractivity contribution in [1.29, 1.82) is 0 Å². The molecular weight excluding hydrogens is 312 g/mol. The van der Waals surface area contributed by atoms with E-state index < -0.39 is 21.5 Å². The maximum Gasteiger partial charge on any atom is 0.239 e. The summed E-state index contributed by atoms with van der Waals surface area (Å²) in [6.45, 7) is 3.83. The van der Waals surface area contributed by atoms with Crippen molar-refractivity contribution in [3.63, 3.8) is 0 Å². The molecule has 0 radical (unpaired) electrons. The molecule has 0 spiro atoms. The van der Waals surface area contributed by atoms with Crippen LogP contribution in [0.25, 0.3) is 0 Å². The number of aryl methyl sites for hydroxylation is 1. The van der Waals surface area contributed by atoms with E-state index in [1.807, 2.05) is 13.8 Å². The Balaban J connectivity index is 0.00000400. The van der Waals surface area contributed by atoms with Crippen molar-refractivity contribution in [2.45, 2.75) is 33.1 Å². The van der Waals surface area contributed by atoms with Gasteiger partial charge in [0.15, 0.2) is 9.84 Å². The van der Waals surface area contributed by atoms with Crippen LogP contribution >= 0.6 is 12.4 Å². The number of nitrogens with two attached hydrogens (primary N) is 1. The van der Waals surface area contributed by atoms with Gasteiger partial charge in [-0.25, -0.2) is 8.42 Å². The summed E-state index contributed by atoms with van der Waals surface area (Å²) < 4.78 is 23.5. The van der Waals surface area contributed by atoms with Crippen LogP contribution in [0.1, 0.15) is 31.7 Å². The maximum absolute atomic E-state index is 11.8. The van der Waals surface area contributed by atoms with Crippen LogP contribution in [0, 0.1) is 6.92 Å². The van der Waals surface area contributed by atoms with Gasteiger partial charge in [0.2, 0.25) is 5.91 Å². The standard InChI is InChI=1S/C14H22N2O3S.ClH/c1-3-4-5-8-20(18,19)10-14(17)16-13-9-12(15)7-6-11(13)2;/h6-7,9H,3-5,8,10,15H2,1-2H3,(H,16,17);1H. The van der Waals surface area contributed by atoms with Gasteiger partial charge in [0.05, 0.1) is 5.75 Å². The molecule has 120 valence electrons. The van der Waals surface area contributed by atoms with E-state index in [-0.39, 0.29) is 18.2 Å². The fourth-order valence-corrected chi connectivity index (χ4v) is 3.06. The van der Waals surface area contributed by atoms with Gasteiger partial charge in [-0.1, -0.05) is 25.8 Å². The number of nitrogens with one attached hydrogen (secondary N) is 1. The summed E-state index contributed by atoms with van der Waals surface area (Å²) in [6.07, 6.45) is 2.41. The molecule has 0 unspecified atom stereocenters. The lowest BCUT2D eigenvalue weighted by atomic mass is 10.2. The highest BCUT2D eigenvalue weighted by Gasteiger charge is 2.16. The molecule has 5 nitrogen and oxygen atoms in total. The van der Waals surface area contributed by atoms with Crippen molar-refractivity contribution in [2.24, 2.45) is 0 Å². The zero-order chi connectivity index (χ0) is 15.2. The van der Waals surface area contributed by atoms with Gasteiger partial charge >= 0.3 is 0 Å². The van der Waals surface area contributed by atoms with Crippen LogP contribution in [-0.4, -0.2) is 25.8 Å². The molecule has 21 heavy (non-hydrogen) atoms. The molecule has 0 heterocycles. The first-order chi connectivity index (χ1) is 9.34. The predicted molar refractivity (Wildman–Crippen MR) is 89.6 cm³/mol. The molecule has 0 atom stereocenters. The number of hydrogen-bond acceptors (Lipinski definition) is 4. The van der Waals surface area contributed by atoms with Gasteiger partial charge in [-0.2, -0.15) is 0 Å². The summed E-state index contributed by atoms with van der Waals surface area (Å²) in [6, 6.07) is 5.13. The average Bonchev–Trinajstić information content (AvgIpc) is 2.33. The molecular formula is C14H23ClN2O3S. The summed E-state index contributed by atoms with van der Waals surface area (Å²) in [7, 11) is -3.34. The van der Waals surface area contributed by atoms with E-state index in [1.165, 1.54) is 0 Å². The summed E-state index contributed by atoms with van der Waals surface area (Å²) in [4.78, 5) is 11.8. The van der Waals surface area contributed by atoms with E-state index in [0.717, 1.165) is 18.4 Å². The topological polar surface area (TPSA) is 89.3 Å². The van der Waals surface area contributed by atoms with Crippen molar-refractivity contribution >= 4 is 39.5 Å². The number of hydrogen-bond donors (Lipinski definition) is 2. The Labute approximate surface area is 132 Å². The van der Waals surface area contributed by atoms with Gasteiger partial charge in [0, 0.05) is 11.4 Å². The Morgan fingerprint density at radius 2 is 1.95 bits per heavy atom. The highest BCUT2D eigenvalue weighted by molar-refractivity contribution is 7.92. The van der Waals surface area contributed by atoms with Gasteiger partial charge in [-0.15, -0.1) is 12.4 Å². The van der Waals surface area contributed by atoms with E-state index in [9.17, 15) is 13.2 Å². The molecule has 0 fully saturated rings. The lowest BCUT2D eigenvalue weighted by molar-refractivity contribution is -0.113. The smallest absolute Gasteiger partial charge is 0.239 e. The van der Waals surface area contributed by atoms with Gasteiger partial charge < -0.3 is 11.1 Å². The Hall–Kier alpha value is -1.27. The van der Waals surface area contributed by atoms with Crippen LogP contribution in [0.15, 0.2) is 18.2 Å². The predicted octanol–water partition coefficient (Wildman–Crippen LogP) is 2.54. The minimum Gasteiger partial charge on any atom is -0.399 e. The Morgan fingerprint density at radius 3 is 2.57 bits per heavy atom. The number of benzene rings is 1. The van der Waals surface area contributed by atoms with E-state index in [1.54, 1.807) is 18.2 Å². The molecule has 0 saturated heterocycles. The third kappa shape index (κ3) is 7.34. The van der Waals surface area contributed by atoms with E-state index in [2.05, 4.69) is 5.32 Å². The molecule has 1 amide bonds. The van der Waals surface area contributed by atoms with Crippen molar-refractivity contribution in [1.82, 2.24) is 0 Å². The Morgan fingerprint density at radius 1 is 1.29 bits per heavy atom. The molecule has 0 aliphatic carbocycles. The summed E-state index contributed by atoms with van der Waals surface area (Å²) in [5.41, 5.74) is 7.56. The minimum atomic E-state index is -3.34. The first kappa shape index (κ1) is 19.7. The maximum atomic E-state index is 11.8. The second kappa shape index (κ2) is 8.89. The van der Waals surface area contributed by atoms with Crippen LogP contribution in [0.5, 0.6) is 0 Å². The Kier molecular flexibility index (Phi) is 8.36. The first-order valence-electron chi connectivity index (χ1n) is 6.70. The number of unbranched alkanes of at least 4 members (excludes halogenated alkanes) is 2. The monoisotopic (exact) mass is 334 g/mol. The fraction of sp³-hybridized carbons (Fsp3) is 0.500. The zero-order valence-corrected chi connectivity index (χ0v) is 14.0. The zero-order valence-electron chi connectivity index (χ0n) is 12.4. The van der Waals surface area contributed by atoms with E-state index in [4.69, 9.17) is 5.73 Å². The second-order valence-corrected chi connectivity index (χ2v) is 7.11. The number of sulfone groups is 1. The van der Waals surface area contributed by atoms with Gasteiger partial charge in [0.25, 0.3) is 0 Å². The highest BCUT2D eigenvalue weighted by atomic mass is 35.5. The Bertz CT molecular complexity index is 574. The molecule has 0 aliphatic rings.